The molecule has 90 valence electrons. The van der Waals surface area contributed by atoms with Crippen LogP contribution in [0.4, 0.5) is 0 Å². The molecule has 18 heavy (non-hydrogen) atoms. The van der Waals surface area contributed by atoms with Crippen LogP contribution in [0.15, 0.2) is 45.6 Å². The lowest BCUT2D eigenvalue weighted by molar-refractivity contribution is 0.477. The van der Waals surface area contributed by atoms with Gasteiger partial charge in [-0.1, -0.05) is 12.1 Å². The van der Waals surface area contributed by atoms with Crippen molar-refractivity contribution in [1.82, 2.24) is 4.98 Å². The van der Waals surface area contributed by atoms with Gasteiger partial charge in [-0.25, -0.2) is 4.98 Å². The van der Waals surface area contributed by atoms with Crippen LogP contribution in [0.25, 0.3) is 21.1 Å². The monoisotopic (exact) mass is 337 g/mol. The van der Waals surface area contributed by atoms with E-state index in [9.17, 15) is 5.11 Å². The Morgan fingerprint density at radius 2 is 1.94 bits per heavy atom. The van der Waals surface area contributed by atoms with E-state index < -0.39 is 0 Å². The van der Waals surface area contributed by atoms with Gasteiger partial charge in [0.05, 0.1) is 16.1 Å². The fraction of sp³-hybridized carbons (Fsp3) is 0. The van der Waals surface area contributed by atoms with Crippen LogP contribution in [-0.4, -0.2) is 10.1 Å². The SMILES string of the molecule is Oc1ccccc1-c1nc(-c2cc(Br)cs2)cs1. The summed E-state index contributed by atoms with van der Waals surface area (Å²) in [6.45, 7) is 0. The molecule has 5 heteroatoms. The molecule has 0 amide bonds. The molecule has 0 aliphatic carbocycles. The Labute approximate surface area is 121 Å². The van der Waals surface area contributed by atoms with Crippen LogP contribution in [0.2, 0.25) is 0 Å². The summed E-state index contributed by atoms with van der Waals surface area (Å²) in [5, 5.41) is 14.7. The number of para-hydroxylation sites is 1. The topological polar surface area (TPSA) is 33.1 Å². The van der Waals surface area contributed by atoms with E-state index in [-0.39, 0.29) is 5.75 Å². The van der Waals surface area contributed by atoms with Crippen molar-refractivity contribution in [1.29, 1.82) is 0 Å². The van der Waals surface area contributed by atoms with Gasteiger partial charge in [0.25, 0.3) is 0 Å². The summed E-state index contributed by atoms with van der Waals surface area (Å²) in [4.78, 5) is 5.70. The first-order valence-corrected chi connectivity index (χ1v) is 7.77. The number of nitrogens with zero attached hydrogens (tertiary/aromatic N) is 1. The number of phenolic OH excluding ortho intramolecular Hbond substituents is 1. The average Bonchev–Trinajstić information content (AvgIpc) is 2.98. The first-order chi connectivity index (χ1) is 8.74. The minimum atomic E-state index is 0.269. The Morgan fingerprint density at radius 3 is 2.67 bits per heavy atom. The molecular weight excluding hydrogens is 330 g/mol. The van der Waals surface area contributed by atoms with E-state index in [2.05, 4.69) is 20.9 Å². The fourth-order valence-corrected chi connectivity index (χ4v) is 3.93. The molecule has 3 rings (SSSR count). The molecule has 2 nitrogen and oxygen atoms in total. The third-order valence-corrected chi connectivity index (χ3v) is 5.05. The summed E-state index contributed by atoms with van der Waals surface area (Å²) in [6, 6.07) is 9.32. The molecule has 0 saturated carbocycles. The molecule has 0 saturated heterocycles. The van der Waals surface area contributed by atoms with Crippen molar-refractivity contribution < 1.29 is 5.11 Å². The van der Waals surface area contributed by atoms with Gasteiger partial charge in [-0.05, 0) is 34.1 Å². The van der Waals surface area contributed by atoms with Gasteiger partial charge in [0, 0.05) is 15.2 Å². The maximum Gasteiger partial charge on any atom is 0.127 e. The van der Waals surface area contributed by atoms with Crippen LogP contribution >= 0.6 is 38.6 Å². The van der Waals surface area contributed by atoms with E-state index in [1.54, 1.807) is 28.7 Å². The van der Waals surface area contributed by atoms with Crippen LogP contribution in [0, 0.1) is 0 Å². The average molecular weight is 338 g/mol. The largest absolute Gasteiger partial charge is 0.507 e. The lowest BCUT2D eigenvalue weighted by Crippen LogP contribution is -1.78. The highest BCUT2D eigenvalue weighted by molar-refractivity contribution is 9.10. The number of phenols is 1. The van der Waals surface area contributed by atoms with Gasteiger partial charge in [0.2, 0.25) is 0 Å². The Kier molecular flexibility index (Phi) is 3.20. The molecule has 0 fully saturated rings. The predicted molar refractivity (Wildman–Crippen MR) is 80.2 cm³/mol. The number of thiazole rings is 1. The first-order valence-electron chi connectivity index (χ1n) is 5.22. The van der Waals surface area contributed by atoms with Crippen LogP contribution in [0.3, 0.4) is 0 Å². The third kappa shape index (κ3) is 2.21. The minimum Gasteiger partial charge on any atom is -0.507 e. The summed E-state index contributed by atoms with van der Waals surface area (Å²) >= 11 is 6.63. The van der Waals surface area contributed by atoms with E-state index in [0.29, 0.717) is 0 Å². The number of hydrogen-bond donors (Lipinski definition) is 1. The number of aromatic hydroxyl groups is 1. The summed E-state index contributed by atoms with van der Waals surface area (Å²) in [5.41, 5.74) is 1.73. The quantitative estimate of drug-likeness (QED) is 0.713. The summed E-state index contributed by atoms with van der Waals surface area (Å²) in [7, 11) is 0. The molecular formula is C13H8BrNOS2. The number of thiophene rings is 1. The zero-order chi connectivity index (χ0) is 12.5. The minimum absolute atomic E-state index is 0.269. The normalized spacial score (nSPS) is 10.7. The maximum atomic E-state index is 9.81. The summed E-state index contributed by atoms with van der Waals surface area (Å²) in [5.74, 6) is 0.269. The first kappa shape index (κ1) is 11.9. The van der Waals surface area contributed by atoms with Crippen LogP contribution < -0.4 is 0 Å². The van der Waals surface area contributed by atoms with Gasteiger partial charge < -0.3 is 5.11 Å². The van der Waals surface area contributed by atoms with Gasteiger partial charge in [-0.3, -0.25) is 0 Å². The van der Waals surface area contributed by atoms with Gasteiger partial charge in [-0.15, -0.1) is 22.7 Å². The zero-order valence-corrected chi connectivity index (χ0v) is 12.3. The van der Waals surface area contributed by atoms with Gasteiger partial charge in [-0.2, -0.15) is 0 Å². The van der Waals surface area contributed by atoms with Crippen molar-refractivity contribution >= 4 is 38.6 Å². The molecule has 0 aliphatic heterocycles. The number of halogens is 1. The van der Waals surface area contributed by atoms with Crippen molar-refractivity contribution in [2.45, 2.75) is 0 Å². The molecule has 0 radical (unpaired) electrons. The Morgan fingerprint density at radius 1 is 1.11 bits per heavy atom. The van der Waals surface area contributed by atoms with E-state index in [0.717, 1.165) is 25.6 Å². The van der Waals surface area contributed by atoms with Crippen molar-refractivity contribution in [3.63, 3.8) is 0 Å². The predicted octanol–water partition coefficient (Wildman–Crippen LogP) is 5.01. The molecule has 0 unspecified atom stereocenters. The van der Waals surface area contributed by atoms with Crippen LogP contribution in [-0.2, 0) is 0 Å². The standard InChI is InChI=1S/C13H8BrNOS2/c14-8-5-12(17-6-8)10-7-18-13(15-10)9-3-1-2-4-11(9)16/h1-7,16H. The Balaban J connectivity index is 2.02. The lowest BCUT2D eigenvalue weighted by atomic mass is 10.2. The second-order valence-electron chi connectivity index (χ2n) is 3.68. The van der Waals surface area contributed by atoms with Crippen LogP contribution in [0.1, 0.15) is 0 Å². The highest BCUT2D eigenvalue weighted by atomic mass is 79.9. The Bertz CT molecular complexity index is 690. The fourth-order valence-electron chi connectivity index (χ4n) is 1.61. The number of hydrogen-bond acceptors (Lipinski definition) is 4. The van der Waals surface area contributed by atoms with Crippen LogP contribution in [0.5, 0.6) is 5.75 Å². The summed E-state index contributed by atoms with van der Waals surface area (Å²) < 4.78 is 1.07. The van der Waals surface area contributed by atoms with Gasteiger partial charge >= 0.3 is 0 Å². The van der Waals surface area contributed by atoms with E-state index in [4.69, 9.17) is 0 Å². The lowest BCUT2D eigenvalue weighted by Gasteiger charge is -1.98. The molecule has 2 heterocycles. The molecule has 1 N–H and O–H groups in total. The van der Waals surface area contributed by atoms with Gasteiger partial charge in [0.15, 0.2) is 0 Å². The second-order valence-corrected chi connectivity index (χ2v) is 6.37. The van der Waals surface area contributed by atoms with Crippen molar-refractivity contribution in [2.24, 2.45) is 0 Å². The van der Waals surface area contributed by atoms with E-state index in [1.807, 2.05) is 35.0 Å². The number of benzene rings is 1. The Hall–Kier alpha value is -1.17. The zero-order valence-electron chi connectivity index (χ0n) is 9.13. The number of rotatable bonds is 2. The van der Waals surface area contributed by atoms with Crippen molar-refractivity contribution in [3.05, 3.63) is 45.6 Å². The molecule has 2 aromatic heterocycles. The second kappa shape index (κ2) is 4.84. The van der Waals surface area contributed by atoms with Crippen molar-refractivity contribution in [2.75, 3.05) is 0 Å². The summed E-state index contributed by atoms with van der Waals surface area (Å²) in [6.07, 6.45) is 0. The smallest absolute Gasteiger partial charge is 0.127 e. The van der Waals surface area contributed by atoms with Gasteiger partial charge in [0.1, 0.15) is 10.8 Å². The molecule has 3 aromatic rings. The van der Waals surface area contributed by atoms with E-state index >= 15 is 0 Å². The molecule has 0 atom stereocenters. The van der Waals surface area contributed by atoms with Crippen molar-refractivity contribution in [3.8, 4) is 26.9 Å². The molecule has 1 aromatic carbocycles. The molecule has 0 bridgehead atoms. The third-order valence-electron chi connectivity index (χ3n) is 2.46. The van der Waals surface area contributed by atoms with E-state index in [1.165, 1.54) is 0 Å². The molecule has 0 spiro atoms. The maximum absolute atomic E-state index is 9.81. The highest BCUT2D eigenvalue weighted by Gasteiger charge is 2.10. The molecule has 0 aliphatic rings. The number of aromatic nitrogens is 1. The highest BCUT2D eigenvalue weighted by Crippen LogP contribution is 2.36.